The van der Waals surface area contributed by atoms with Crippen molar-refractivity contribution >= 4 is 11.3 Å². The van der Waals surface area contributed by atoms with Crippen LogP contribution in [0.5, 0.6) is 0 Å². The molecule has 0 radical (unpaired) electrons. The second kappa shape index (κ2) is 7.04. The number of hydrogen-bond acceptors (Lipinski definition) is 3. The highest BCUT2D eigenvalue weighted by Gasteiger charge is 2.34. The van der Waals surface area contributed by atoms with Crippen LogP contribution in [-0.2, 0) is 12.6 Å². The fourth-order valence-electron chi connectivity index (χ4n) is 2.16. The van der Waals surface area contributed by atoms with Gasteiger partial charge >= 0.3 is 6.18 Å². The molecule has 1 aromatic carbocycles. The first-order chi connectivity index (χ1) is 10.0. The second-order valence-corrected chi connectivity index (χ2v) is 5.80. The Labute approximate surface area is 126 Å². The van der Waals surface area contributed by atoms with Crippen LogP contribution < -0.4 is 5.32 Å². The van der Waals surface area contributed by atoms with E-state index in [0.717, 1.165) is 29.9 Å². The first-order valence-electron chi connectivity index (χ1n) is 6.81. The molecule has 1 N–H and O–H groups in total. The van der Waals surface area contributed by atoms with Crippen molar-refractivity contribution in [1.82, 2.24) is 10.3 Å². The van der Waals surface area contributed by atoms with Crippen LogP contribution in [0.25, 0.3) is 0 Å². The molecular weight excluding hydrogens is 297 g/mol. The molecule has 1 atom stereocenters. The van der Waals surface area contributed by atoms with E-state index in [1.165, 1.54) is 6.20 Å². The fraction of sp³-hybridized carbons (Fsp3) is 0.400. The predicted octanol–water partition coefficient (Wildman–Crippen LogP) is 4.45. The number of rotatable bonds is 6. The molecule has 0 saturated heterocycles. The van der Waals surface area contributed by atoms with Crippen molar-refractivity contribution in [3.63, 3.8) is 0 Å². The first-order valence-corrected chi connectivity index (χ1v) is 7.62. The van der Waals surface area contributed by atoms with E-state index in [1.807, 2.05) is 37.3 Å². The number of nitrogens with zero attached hydrogens (tertiary/aromatic N) is 1. The van der Waals surface area contributed by atoms with Gasteiger partial charge in [0.25, 0.3) is 0 Å². The molecule has 0 fully saturated rings. The average molecular weight is 314 g/mol. The van der Waals surface area contributed by atoms with Gasteiger partial charge in [0, 0.05) is 17.1 Å². The van der Waals surface area contributed by atoms with Gasteiger partial charge in [-0.1, -0.05) is 37.3 Å². The van der Waals surface area contributed by atoms with E-state index in [9.17, 15) is 13.2 Å². The Morgan fingerprint density at radius 1 is 1.24 bits per heavy atom. The molecule has 2 nitrogen and oxygen atoms in total. The molecule has 6 heteroatoms. The summed E-state index contributed by atoms with van der Waals surface area (Å²) in [5.74, 6) is 0. The highest BCUT2D eigenvalue weighted by molar-refractivity contribution is 7.11. The topological polar surface area (TPSA) is 24.9 Å². The summed E-state index contributed by atoms with van der Waals surface area (Å²) in [6, 6.07) is 10.1. The lowest BCUT2D eigenvalue weighted by Crippen LogP contribution is -2.21. The highest BCUT2D eigenvalue weighted by atomic mass is 32.1. The molecule has 2 aromatic rings. The van der Waals surface area contributed by atoms with Crippen LogP contribution in [0.1, 0.15) is 34.8 Å². The molecule has 0 bridgehead atoms. The van der Waals surface area contributed by atoms with Crippen molar-refractivity contribution in [1.29, 1.82) is 0 Å². The zero-order valence-corrected chi connectivity index (χ0v) is 12.5. The molecule has 1 unspecified atom stereocenters. The third-order valence-electron chi connectivity index (χ3n) is 3.13. The average Bonchev–Trinajstić information content (AvgIpc) is 2.93. The summed E-state index contributed by atoms with van der Waals surface area (Å²) in [4.78, 5) is 4.12. The van der Waals surface area contributed by atoms with Crippen LogP contribution in [0.4, 0.5) is 13.2 Å². The van der Waals surface area contributed by atoms with E-state index >= 15 is 0 Å². The van der Waals surface area contributed by atoms with Gasteiger partial charge in [0.05, 0.1) is 0 Å². The lowest BCUT2D eigenvalue weighted by Gasteiger charge is -2.17. The number of nitrogens with one attached hydrogen (secondary N) is 1. The third kappa shape index (κ3) is 4.54. The van der Waals surface area contributed by atoms with Crippen LogP contribution in [0.15, 0.2) is 36.5 Å². The summed E-state index contributed by atoms with van der Waals surface area (Å²) in [6.07, 6.45) is -1.68. The molecule has 1 heterocycles. The van der Waals surface area contributed by atoms with Gasteiger partial charge in [-0.15, -0.1) is 11.3 Å². The van der Waals surface area contributed by atoms with Gasteiger partial charge in [-0.2, -0.15) is 13.2 Å². The minimum atomic E-state index is -4.34. The number of halogens is 3. The minimum absolute atomic E-state index is 0.146. The smallest absolute Gasteiger partial charge is 0.310 e. The Morgan fingerprint density at radius 3 is 2.52 bits per heavy atom. The summed E-state index contributed by atoms with van der Waals surface area (Å²) in [5, 5.41) is 2.60. The Kier molecular flexibility index (Phi) is 5.36. The SMILES string of the molecule is CCNC(CCc1cnc(C(F)(F)F)s1)c1ccccc1. The Morgan fingerprint density at radius 2 is 1.95 bits per heavy atom. The number of hydrogen-bond donors (Lipinski definition) is 1. The van der Waals surface area contributed by atoms with Crippen molar-refractivity contribution in [3.8, 4) is 0 Å². The zero-order valence-electron chi connectivity index (χ0n) is 11.7. The minimum Gasteiger partial charge on any atom is -0.310 e. The molecule has 0 saturated carbocycles. The Hall–Kier alpha value is -1.40. The fourth-order valence-corrected chi connectivity index (χ4v) is 2.95. The number of benzene rings is 1. The maximum atomic E-state index is 12.5. The number of aryl methyl sites for hydroxylation is 1. The molecule has 114 valence electrons. The number of aromatic nitrogens is 1. The molecule has 0 spiro atoms. The third-order valence-corrected chi connectivity index (χ3v) is 4.23. The Balaban J connectivity index is 2.01. The molecule has 21 heavy (non-hydrogen) atoms. The predicted molar refractivity (Wildman–Crippen MR) is 78.3 cm³/mol. The van der Waals surface area contributed by atoms with Crippen molar-refractivity contribution in [2.75, 3.05) is 6.54 Å². The van der Waals surface area contributed by atoms with Crippen LogP contribution in [0.3, 0.4) is 0 Å². The molecule has 1 aromatic heterocycles. The zero-order chi connectivity index (χ0) is 15.3. The van der Waals surface area contributed by atoms with Crippen LogP contribution in [0.2, 0.25) is 0 Å². The molecule has 0 amide bonds. The van der Waals surface area contributed by atoms with Gasteiger partial charge in [-0.3, -0.25) is 0 Å². The molecule has 0 aliphatic carbocycles. The van der Waals surface area contributed by atoms with Gasteiger partial charge in [-0.05, 0) is 24.9 Å². The largest absolute Gasteiger partial charge is 0.443 e. The first kappa shape index (κ1) is 16.0. The standard InChI is InChI=1S/C15H17F3N2S/c1-2-19-13(11-6-4-3-5-7-11)9-8-12-10-20-14(21-12)15(16,17)18/h3-7,10,13,19H,2,8-9H2,1H3. The maximum absolute atomic E-state index is 12.5. The van der Waals surface area contributed by atoms with E-state index in [1.54, 1.807) is 0 Å². The summed E-state index contributed by atoms with van der Waals surface area (Å²) >= 11 is 0.731. The van der Waals surface area contributed by atoms with Crippen molar-refractivity contribution < 1.29 is 13.2 Å². The van der Waals surface area contributed by atoms with Crippen LogP contribution in [-0.4, -0.2) is 11.5 Å². The highest BCUT2D eigenvalue weighted by Crippen LogP contribution is 2.33. The lowest BCUT2D eigenvalue weighted by molar-refractivity contribution is -0.137. The van der Waals surface area contributed by atoms with E-state index < -0.39 is 11.2 Å². The normalized spacial score (nSPS) is 13.3. The molecular formula is C15H17F3N2S. The van der Waals surface area contributed by atoms with Gasteiger partial charge < -0.3 is 5.32 Å². The van der Waals surface area contributed by atoms with Gasteiger partial charge in [0.1, 0.15) is 0 Å². The maximum Gasteiger partial charge on any atom is 0.443 e. The van der Waals surface area contributed by atoms with Crippen LogP contribution >= 0.6 is 11.3 Å². The molecule has 0 aliphatic heterocycles. The quantitative estimate of drug-likeness (QED) is 0.852. The second-order valence-electron chi connectivity index (χ2n) is 4.69. The molecule has 2 rings (SSSR count). The molecule has 0 aliphatic rings. The van der Waals surface area contributed by atoms with E-state index in [2.05, 4.69) is 10.3 Å². The van der Waals surface area contributed by atoms with E-state index in [0.29, 0.717) is 11.3 Å². The lowest BCUT2D eigenvalue weighted by atomic mass is 10.0. The number of alkyl halides is 3. The summed E-state index contributed by atoms with van der Waals surface area (Å²) in [7, 11) is 0. The summed E-state index contributed by atoms with van der Waals surface area (Å²) in [6.45, 7) is 2.83. The van der Waals surface area contributed by atoms with Gasteiger partial charge in [0.15, 0.2) is 5.01 Å². The van der Waals surface area contributed by atoms with Crippen LogP contribution in [0, 0.1) is 0 Å². The van der Waals surface area contributed by atoms with Crippen molar-refractivity contribution in [2.24, 2.45) is 0 Å². The Bertz CT molecular complexity index is 552. The van der Waals surface area contributed by atoms with Crippen molar-refractivity contribution in [3.05, 3.63) is 52.0 Å². The summed E-state index contributed by atoms with van der Waals surface area (Å²) < 4.78 is 37.6. The van der Waals surface area contributed by atoms with E-state index in [4.69, 9.17) is 0 Å². The van der Waals surface area contributed by atoms with Gasteiger partial charge in [0.2, 0.25) is 0 Å². The monoisotopic (exact) mass is 314 g/mol. The number of thiazole rings is 1. The van der Waals surface area contributed by atoms with E-state index in [-0.39, 0.29) is 6.04 Å². The van der Waals surface area contributed by atoms with Crippen molar-refractivity contribution in [2.45, 2.75) is 32.0 Å². The van der Waals surface area contributed by atoms with Gasteiger partial charge in [-0.25, -0.2) is 4.98 Å². The summed E-state index contributed by atoms with van der Waals surface area (Å²) in [5.41, 5.74) is 1.15.